The van der Waals surface area contributed by atoms with Gasteiger partial charge in [-0.2, -0.15) is 4.98 Å². The van der Waals surface area contributed by atoms with E-state index < -0.39 is 9.95 Å². The van der Waals surface area contributed by atoms with Gasteiger partial charge in [-0.3, -0.25) is 0 Å². The van der Waals surface area contributed by atoms with E-state index in [4.69, 9.17) is 51.1 Å². The normalized spacial score (nSPS) is 11.2. The number of hydrogen-bond donors (Lipinski definition) is 0. The Bertz CT molecular complexity index is 462. The van der Waals surface area contributed by atoms with E-state index in [0.29, 0.717) is 5.69 Å². The third-order valence-electron chi connectivity index (χ3n) is 1.68. The molecule has 0 aromatic carbocycles. The van der Waals surface area contributed by atoms with Crippen LogP contribution in [0.4, 0.5) is 4.79 Å². The summed E-state index contributed by atoms with van der Waals surface area (Å²) in [6.45, 7) is 3.33. The highest BCUT2D eigenvalue weighted by Crippen LogP contribution is 2.38. The molecule has 0 aliphatic heterocycles. The lowest BCUT2D eigenvalue weighted by Gasteiger charge is -2.13. The van der Waals surface area contributed by atoms with Gasteiger partial charge in [0.1, 0.15) is 5.02 Å². The van der Waals surface area contributed by atoms with Gasteiger partial charge in [-0.05, 0) is 13.8 Å². The molecular weight excluding hydrogens is 326 g/mol. The molecule has 100 valence electrons. The summed E-state index contributed by atoms with van der Waals surface area (Å²) in [7, 11) is 0. The second-order valence-electron chi connectivity index (χ2n) is 3.03. The topological polar surface area (TPSA) is 61.3 Å². The standard InChI is InChI=1S/C9H8Cl4N2O3/c1-3-17-8(16)18-6-5(10)4(2)14-7(15-6)9(11,12)13/h3H2,1-2H3. The number of ether oxygens (including phenoxy) is 2. The molecular formula is C9H8Cl4N2O3. The maximum Gasteiger partial charge on any atom is 0.515 e. The number of halogens is 4. The van der Waals surface area contributed by atoms with Crippen molar-refractivity contribution >= 4 is 52.6 Å². The van der Waals surface area contributed by atoms with Crippen LogP contribution in [-0.2, 0) is 8.53 Å². The fourth-order valence-electron chi connectivity index (χ4n) is 0.954. The van der Waals surface area contributed by atoms with Crippen molar-refractivity contribution in [3.05, 3.63) is 16.5 Å². The van der Waals surface area contributed by atoms with Gasteiger partial charge in [0.25, 0.3) is 0 Å². The van der Waals surface area contributed by atoms with Crippen LogP contribution in [0, 0.1) is 6.92 Å². The fraction of sp³-hybridized carbons (Fsp3) is 0.444. The Labute approximate surface area is 123 Å². The zero-order valence-corrected chi connectivity index (χ0v) is 12.4. The first-order valence-corrected chi connectivity index (χ1v) is 6.22. The predicted octanol–water partition coefficient (Wildman–Crippen LogP) is 3.80. The Balaban J connectivity index is 3.11. The van der Waals surface area contributed by atoms with Gasteiger partial charge >= 0.3 is 6.16 Å². The lowest BCUT2D eigenvalue weighted by molar-refractivity contribution is 0.102. The third kappa shape index (κ3) is 4.02. The number of alkyl halides is 3. The number of carbonyl (C=O) groups excluding carboxylic acids is 1. The number of nitrogens with zero attached hydrogens (tertiary/aromatic N) is 2. The molecule has 0 N–H and O–H groups in total. The molecule has 0 fully saturated rings. The molecule has 0 aliphatic rings. The first kappa shape index (κ1) is 15.6. The molecule has 0 saturated carbocycles. The summed E-state index contributed by atoms with van der Waals surface area (Å²) in [5, 5.41) is 0.0426. The minimum absolute atomic E-state index is 0.0426. The molecule has 0 amide bonds. The Hall–Kier alpha value is -0.490. The smallest absolute Gasteiger partial charge is 0.434 e. The molecule has 0 bridgehead atoms. The molecule has 1 aromatic heterocycles. The molecule has 9 heteroatoms. The van der Waals surface area contributed by atoms with Gasteiger partial charge < -0.3 is 9.47 Å². The monoisotopic (exact) mass is 332 g/mol. The van der Waals surface area contributed by atoms with E-state index in [1.807, 2.05) is 0 Å². The van der Waals surface area contributed by atoms with Crippen molar-refractivity contribution < 1.29 is 14.3 Å². The number of carbonyl (C=O) groups is 1. The molecule has 1 heterocycles. The second kappa shape index (κ2) is 6.10. The van der Waals surface area contributed by atoms with Gasteiger partial charge in [-0.15, -0.1) is 0 Å². The van der Waals surface area contributed by atoms with Crippen LogP contribution in [0.2, 0.25) is 5.02 Å². The van der Waals surface area contributed by atoms with Crippen molar-refractivity contribution in [1.82, 2.24) is 9.97 Å². The van der Waals surface area contributed by atoms with Gasteiger partial charge in [-0.25, -0.2) is 9.78 Å². The van der Waals surface area contributed by atoms with Crippen LogP contribution in [0.1, 0.15) is 18.4 Å². The van der Waals surface area contributed by atoms with Crippen molar-refractivity contribution in [1.29, 1.82) is 0 Å². The van der Waals surface area contributed by atoms with Crippen LogP contribution in [0.3, 0.4) is 0 Å². The second-order valence-corrected chi connectivity index (χ2v) is 5.69. The average molecular weight is 334 g/mol. The van der Waals surface area contributed by atoms with Crippen molar-refractivity contribution in [3.8, 4) is 5.88 Å². The molecule has 18 heavy (non-hydrogen) atoms. The van der Waals surface area contributed by atoms with Gasteiger partial charge in [0.2, 0.25) is 9.67 Å². The van der Waals surface area contributed by atoms with E-state index in [1.165, 1.54) is 0 Å². The van der Waals surface area contributed by atoms with E-state index in [0.717, 1.165) is 0 Å². The van der Waals surface area contributed by atoms with Crippen LogP contribution in [0.25, 0.3) is 0 Å². The Morgan fingerprint density at radius 2 is 1.94 bits per heavy atom. The van der Waals surface area contributed by atoms with Gasteiger partial charge in [-0.1, -0.05) is 46.4 Å². The van der Waals surface area contributed by atoms with E-state index in [2.05, 4.69) is 14.7 Å². The number of hydrogen-bond acceptors (Lipinski definition) is 5. The highest BCUT2D eigenvalue weighted by Gasteiger charge is 2.29. The average Bonchev–Trinajstić information content (AvgIpc) is 2.23. The van der Waals surface area contributed by atoms with Crippen molar-refractivity contribution in [2.45, 2.75) is 17.6 Å². The summed E-state index contributed by atoms with van der Waals surface area (Å²) in [4.78, 5) is 18.8. The van der Waals surface area contributed by atoms with Crippen LogP contribution < -0.4 is 4.74 Å². The van der Waals surface area contributed by atoms with Crippen LogP contribution in [0.5, 0.6) is 5.88 Å². The minimum Gasteiger partial charge on any atom is -0.434 e. The summed E-state index contributed by atoms with van der Waals surface area (Å²) >= 11 is 22.8. The Morgan fingerprint density at radius 1 is 1.33 bits per heavy atom. The molecule has 0 aliphatic carbocycles. The zero-order valence-electron chi connectivity index (χ0n) is 9.34. The quantitative estimate of drug-likeness (QED) is 0.608. The summed E-state index contributed by atoms with van der Waals surface area (Å²) in [6, 6.07) is 0. The molecule has 1 rings (SSSR count). The SMILES string of the molecule is CCOC(=O)Oc1nc(C(Cl)(Cl)Cl)nc(C)c1Cl. The first-order chi connectivity index (χ1) is 8.25. The Kier molecular flexibility index (Phi) is 5.28. The molecule has 0 atom stereocenters. The highest BCUT2D eigenvalue weighted by atomic mass is 35.6. The number of aryl methyl sites for hydroxylation is 1. The van der Waals surface area contributed by atoms with E-state index in [1.54, 1.807) is 13.8 Å². The van der Waals surface area contributed by atoms with Crippen molar-refractivity contribution in [2.24, 2.45) is 0 Å². The van der Waals surface area contributed by atoms with Crippen LogP contribution in [0.15, 0.2) is 0 Å². The fourth-order valence-corrected chi connectivity index (χ4v) is 1.33. The molecule has 0 radical (unpaired) electrons. The number of rotatable bonds is 2. The van der Waals surface area contributed by atoms with Gasteiger partial charge in [0.05, 0.1) is 12.3 Å². The summed E-state index contributed by atoms with van der Waals surface area (Å²) in [5.74, 6) is -0.363. The first-order valence-electron chi connectivity index (χ1n) is 4.71. The molecule has 1 aromatic rings. The number of aromatic nitrogens is 2. The Morgan fingerprint density at radius 3 is 2.44 bits per heavy atom. The highest BCUT2D eigenvalue weighted by molar-refractivity contribution is 6.66. The predicted molar refractivity (Wildman–Crippen MR) is 68.7 cm³/mol. The minimum atomic E-state index is -1.85. The largest absolute Gasteiger partial charge is 0.515 e. The summed E-state index contributed by atoms with van der Waals surface area (Å²) in [6.07, 6.45) is -0.951. The summed E-state index contributed by atoms with van der Waals surface area (Å²) < 4.78 is 7.52. The van der Waals surface area contributed by atoms with Crippen molar-refractivity contribution in [2.75, 3.05) is 6.61 Å². The maximum absolute atomic E-state index is 11.2. The van der Waals surface area contributed by atoms with Crippen molar-refractivity contribution in [3.63, 3.8) is 0 Å². The van der Waals surface area contributed by atoms with E-state index in [9.17, 15) is 4.79 Å². The lowest BCUT2D eigenvalue weighted by atomic mass is 10.4. The van der Waals surface area contributed by atoms with Gasteiger partial charge in [0, 0.05) is 0 Å². The third-order valence-corrected chi connectivity index (χ3v) is 2.62. The molecule has 0 saturated heterocycles. The van der Waals surface area contributed by atoms with Gasteiger partial charge in [0.15, 0.2) is 5.82 Å². The molecule has 0 unspecified atom stereocenters. The van der Waals surface area contributed by atoms with Crippen LogP contribution >= 0.6 is 46.4 Å². The maximum atomic E-state index is 11.2. The van der Waals surface area contributed by atoms with E-state index >= 15 is 0 Å². The summed E-state index contributed by atoms with van der Waals surface area (Å²) in [5.41, 5.74) is 0.312. The zero-order chi connectivity index (χ0) is 13.9. The molecule has 5 nitrogen and oxygen atoms in total. The van der Waals surface area contributed by atoms with E-state index in [-0.39, 0.29) is 23.3 Å². The molecule has 0 spiro atoms. The lowest BCUT2D eigenvalue weighted by Crippen LogP contribution is -2.15. The van der Waals surface area contributed by atoms with Crippen LogP contribution in [-0.4, -0.2) is 22.7 Å².